The summed E-state index contributed by atoms with van der Waals surface area (Å²) in [7, 11) is 0.286. The number of rotatable bonds is 2. The van der Waals surface area contributed by atoms with E-state index in [0.29, 0.717) is 18.0 Å². The molecule has 2 heterocycles. The third-order valence-electron chi connectivity index (χ3n) is 4.13. The van der Waals surface area contributed by atoms with E-state index < -0.39 is 9.84 Å². The van der Waals surface area contributed by atoms with Gasteiger partial charge >= 0.3 is 0 Å². The Balaban J connectivity index is 2.04. The Morgan fingerprint density at radius 3 is 2.67 bits per heavy atom. The van der Waals surface area contributed by atoms with Gasteiger partial charge in [0.05, 0.1) is 37.1 Å². The van der Waals surface area contributed by atoms with Gasteiger partial charge in [0.25, 0.3) is 0 Å². The first-order valence-electron chi connectivity index (χ1n) is 7.01. The van der Waals surface area contributed by atoms with E-state index in [4.69, 9.17) is 9.47 Å². The van der Waals surface area contributed by atoms with Gasteiger partial charge in [-0.1, -0.05) is 0 Å². The van der Waals surface area contributed by atoms with Crippen molar-refractivity contribution in [2.75, 3.05) is 49.0 Å². The lowest BCUT2D eigenvalue weighted by atomic mass is 10.1. The number of methoxy groups -OCH3 is 2. The average Bonchev–Trinajstić information content (AvgIpc) is 2.62. The van der Waals surface area contributed by atoms with Crippen LogP contribution in [0.1, 0.15) is 6.42 Å². The first kappa shape index (κ1) is 14.3. The first-order chi connectivity index (χ1) is 10.0. The number of ether oxygens (including phenoxy) is 2. The Morgan fingerprint density at radius 1 is 1.24 bits per heavy atom. The van der Waals surface area contributed by atoms with Gasteiger partial charge in [-0.15, -0.1) is 0 Å². The number of hydrogen-bond acceptors (Lipinski definition) is 6. The quantitative estimate of drug-likeness (QED) is 0.883. The highest BCUT2D eigenvalue weighted by Crippen LogP contribution is 2.41. The summed E-state index contributed by atoms with van der Waals surface area (Å²) in [5.74, 6) is 1.76. The van der Waals surface area contributed by atoms with E-state index >= 15 is 0 Å². The summed E-state index contributed by atoms with van der Waals surface area (Å²) in [5.41, 5.74) is 1.96. The molecule has 0 saturated carbocycles. The van der Waals surface area contributed by atoms with Gasteiger partial charge in [-0.25, -0.2) is 8.42 Å². The third kappa shape index (κ3) is 2.62. The Kier molecular flexibility index (Phi) is 3.61. The number of anilines is 2. The molecule has 1 aromatic carbocycles. The van der Waals surface area contributed by atoms with Crippen molar-refractivity contribution in [3.63, 3.8) is 0 Å². The first-order valence-corrected chi connectivity index (χ1v) is 8.83. The lowest BCUT2D eigenvalue weighted by Crippen LogP contribution is -2.48. The summed E-state index contributed by atoms with van der Waals surface area (Å²) in [4.78, 5) is 2.18. The fourth-order valence-electron chi connectivity index (χ4n) is 3.06. The van der Waals surface area contributed by atoms with Crippen molar-refractivity contribution < 1.29 is 17.9 Å². The molecular weight excluding hydrogens is 292 g/mol. The van der Waals surface area contributed by atoms with Crippen LogP contribution in [0.25, 0.3) is 0 Å². The van der Waals surface area contributed by atoms with Crippen molar-refractivity contribution in [3.05, 3.63) is 12.1 Å². The molecule has 2 aliphatic rings. The fourth-order valence-corrected chi connectivity index (χ4v) is 4.64. The molecule has 1 atom stereocenters. The van der Waals surface area contributed by atoms with Gasteiger partial charge in [-0.2, -0.15) is 0 Å². The number of hydrogen-bond donors (Lipinski definition) is 1. The molecule has 1 unspecified atom stereocenters. The lowest BCUT2D eigenvalue weighted by Gasteiger charge is -2.36. The Bertz CT molecular complexity index is 645. The van der Waals surface area contributed by atoms with Crippen LogP contribution in [0.2, 0.25) is 0 Å². The molecule has 1 saturated heterocycles. The van der Waals surface area contributed by atoms with E-state index in [9.17, 15) is 8.42 Å². The summed E-state index contributed by atoms with van der Waals surface area (Å²) in [6.45, 7) is 1.27. The van der Waals surface area contributed by atoms with Crippen molar-refractivity contribution in [1.82, 2.24) is 0 Å². The molecule has 21 heavy (non-hydrogen) atoms. The van der Waals surface area contributed by atoms with Crippen LogP contribution in [0.15, 0.2) is 12.1 Å². The van der Waals surface area contributed by atoms with Crippen LogP contribution in [0.3, 0.4) is 0 Å². The predicted molar refractivity (Wildman–Crippen MR) is 82.4 cm³/mol. The second kappa shape index (κ2) is 5.29. The highest BCUT2D eigenvalue weighted by molar-refractivity contribution is 7.91. The zero-order valence-electron chi connectivity index (χ0n) is 12.3. The summed E-state index contributed by atoms with van der Waals surface area (Å²) < 4.78 is 34.4. The van der Waals surface area contributed by atoms with Crippen LogP contribution in [-0.2, 0) is 9.84 Å². The second-order valence-corrected chi connectivity index (χ2v) is 7.63. The number of nitrogens with one attached hydrogen (secondary N) is 1. The largest absolute Gasteiger partial charge is 0.493 e. The van der Waals surface area contributed by atoms with E-state index in [-0.39, 0.29) is 17.5 Å². The highest BCUT2D eigenvalue weighted by Gasteiger charge is 2.34. The average molecular weight is 312 g/mol. The van der Waals surface area contributed by atoms with E-state index in [1.165, 1.54) is 0 Å². The molecule has 0 aliphatic carbocycles. The number of sulfone groups is 1. The molecule has 116 valence electrons. The Hall–Kier alpha value is -1.63. The normalized spacial score (nSPS) is 23.3. The summed E-state index contributed by atoms with van der Waals surface area (Å²) >= 11 is 0. The smallest absolute Gasteiger partial charge is 0.162 e. The summed E-state index contributed by atoms with van der Waals surface area (Å²) in [6.07, 6.45) is 0.804. The van der Waals surface area contributed by atoms with Crippen LogP contribution < -0.4 is 19.7 Å². The maximum Gasteiger partial charge on any atom is 0.162 e. The minimum absolute atomic E-state index is 0.0237. The Labute approximate surface area is 125 Å². The predicted octanol–water partition coefficient (Wildman–Crippen LogP) is 1.12. The molecular formula is C14H20N2O4S. The highest BCUT2D eigenvalue weighted by atomic mass is 32.2. The van der Waals surface area contributed by atoms with E-state index in [0.717, 1.165) is 24.3 Å². The molecule has 7 heteroatoms. The number of nitrogens with zero attached hydrogens (tertiary/aromatic N) is 1. The van der Waals surface area contributed by atoms with Crippen LogP contribution in [0.5, 0.6) is 11.5 Å². The van der Waals surface area contributed by atoms with Gasteiger partial charge in [-0.05, 0) is 6.42 Å². The van der Waals surface area contributed by atoms with Crippen molar-refractivity contribution in [2.24, 2.45) is 0 Å². The molecule has 0 bridgehead atoms. The van der Waals surface area contributed by atoms with E-state index in [2.05, 4.69) is 10.2 Å². The van der Waals surface area contributed by atoms with Gasteiger partial charge in [0.2, 0.25) is 0 Å². The molecule has 1 aromatic rings. The lowest BCUT2D eigenvalue weighted by molar-refractivity contribution is 0.355. The molecule has 0 radical (unpaired) electrons. The topological polar surface area (TPSA) is 67.9 Å². The molecule has 6 nitrogen and oxygen atoms in total. The molecule has 0 aromatic heterocycles. The summed E-state index contributed by atoms with van der Waals surface area (Å²) in [6, 6.07) is 3.87. The van der Waals surface area contributed by atoms with Crippen molar-refractivity contribution in [2.45, 2.75) is 12.5 Å². The van der Waals surface area contributed by atoms with Crippen LogP contribution in [-0.4, -0.2) is 53.3 Å². The zero-order chi connectivity index (χ0) is 15.0. The Morgan fingerprint density at radius 2 is 1.95 bits per heavy atom. The van der Waals surface area contributed by atoms with Gasteiger partial charge < -0.3 is 19.7 Å². The minimum Gasteiger partial charge on any atom is -0.493 e. The standard InChI is InChI=1S/C14H20N2O4S/c1-19-13-7-11-12(8-14(13)20-2)16-5-6-21(17,18)9-10(16)3-4-15-11/h7-8,10,15H,3-6,9H2,1-2H3. The van der Waals surface area contributed by atoms with Crippen LogP contribution in [0, 0.1) is 0 Å². The second-order valence-electron chi connectivity index (χ2n) is 5.40. The van der Waals surface area contributed by atoms with E-state index in [1.54, 1.807) is 14.2 Å². The third-order valence-corrected chi connectivity index (χ3v) is 5.83. The minimum atomic E-state index is -2.93. The molecule has 0 amide bonds. The van der Waals surface area contributed by atoms with Crippen LogP contribution in [0.4, 0.5) is 11.4 Å². The fraction of sp³-hybridized carbons (Fsp3) is 0.571. The molecule has 0 spiro atoms. The molecule has 1 fully saturated rings. The van der Waals surface area contributed by atoms with E-state index in [1.807, 2.05) is 12.1 Å². The monoisotopic (exact) mass is 312 g/mol. The molecule has 3 rings (SSSR count). The van der Waals surface area contributed by atoms with Crippen molar-refractivity contribution in [3.8, 4) is 11.5 Å². The number of benzene rings is 1. The van der Waals surface area contributed by atoms with Crippen molar-refractivity contribution in [1.29, 1.82) is 0 Å². The zero-order valence-corrected chi connectivity index (χ0v) is 13.1. The van der Waals surface area contributed by atoms with Crippen LogP contribution >= 0.6 is 0 Å². The van der Waals surface area contributed by atoms with Gasteiger partial charge in [-0.3, -0.25) is 0 Å². The van der Waals surface area contributed by atoms with Gasteiger partial charge in [0.1, 0.15) is 0 Å². The summed E-state index contributed by atoms with van der Waals surface area (Å²) in [5, 5.41) is 3.36. The van der Waals surface area contributed by atoms with Crippen molar-refractivity contribution >= 4 is 21.2 Å². The molecule has 2 aliphatic heterocycles. The van der Waals surface area contributed by atoms with Gasteiger partial charge in [0, 0.05) is 31.3 Å². The maximum absolute atomic E-state index is 11.9. The maximum atomic E-state index is 11.9. The van der Waals surface area contributed by atoms with Gasteiger partial charge in [0.15, 0.2) is 21.3 Å². The number of fused-ring (bicyclic) bond motifs is 3. The molecule has 1 N–H and O–H groups in total. The SMILES string of the molecule is COc1cc2c(cc1OC)N1CCS(=O)(=O)CC1CCN2.